The molecule has 0 amide bonds. The Hall–Kier alpha value is -1.83. The van der Waals surface area contributed by atoms with Crippen LogP contribution in [0.2, 0.25) is 5.02 Å². The lowest BCUT2D eigenvalue weighted by Gasteiger charge is -2.31. The molecule has 0 N–H and O–H groups in total. The molecule has 1 atom stereocenters. The van der Waals surface area contributed by atoms with Gasteiger partial charge in [0.15, 0.2) is 0 Å². The Morgan fingerprint density at radius 1 is 1.41 bits per heavy atom. The second kappa shape index (κ2) is 5.75. The van der Waals surface area contributed by atoms with Gasteiger partial charge in [-0.3, -0.25) is 14.9 Å². The van der Waals surface area contributed by atoms with Crippen molar-refractivity contribution in [3.05, 3.63) is 32.8 Å². The number of piperidine rings is 1. The van der Waals surface area contributed by atoms with E-state index in [0.29, 0.717) is 6.07 Å². The van der Waals surface area contributed by atoms with Gasteiger partial charge in [-0.05, 0) is 6.07 Å². The average molecular weight is 337 g/mol. The Balaban J connectivity index is 2.50. The molecular weight excluding hydrogens is 325 g/mol. The van der Waals surface area contributed by atoms with Crippen molar-refractivity contribution < 1.29 is 22.9 Å². The SMILES string of the molecule is CC1CN(c2cc(Cl)c(C(F)(F)F)cc2[N+](=O)[O-])CCC1=O. The lowest BCUT2D eigenvalue weighted by Crippen LogP contribution is -2.39. The standard InChI is InChI=1S/C13H12ClF3N2O3/c1-7-6-18(3-2-12(7)20)10-5-9(14)8(13(15,16)17)4-11(10)19(21)22/h4-5,7H,2-3,6H2,1H3. The molecule has 22 heavy (non-hydrogen) atoms. The van der Waals surface area contributed by atoms with Crippen LogP contribution in [0.25, 0.3) is 0 Å². The molecule has 120 valence electrons. The Labute approximate surface area is 128 Å². The molecule has 0 radical (unpaired) electrons. The molecule has 0 spiro atoms. The van der Waals surface area contributed by atoms with Gasteiger partial charge in [0.2, 0.25) is 0 Å². The number of nitro groups is 1. The number of nitrogens with zero attached hydrogens (tertiary/aromatic N) is 2. The number of benzene rings is 1. The van der Waals surface area contributed by atoms with Crippen LogP contribution < -0.4 is 4.90 Å². The van der Waals surface area contributed by atoms with Crippen molar-refractivity contribution in [1.82, 2.24) is 0 Å². The van der Waals surface area contributed by atoms with Crippen LogP contribution in [0.5, 0.6) is 0 Å². The normalized spacial score (nSPS) is 19.4. The first kappa shape index (κ1) is 16.5. The third-order valence-electron chi connectivity index (χ3n) is 3.58. The number of hydrogen-bond acceptors (Lipinski definition) is 4. The van der Waals surface area contributed by atoms with E-state index in [9.17, 15) is 28.1 Å². The second-order valence-corrected chi connectivity index (χ2v) is 5.55. The van der Waals surface area contributed by atoms with Crippen molar-refractivity contribution in [3.63, 3.8) is 0 Å². The van der Waals surface area contributed by atoms with Crippen LogP contribution in [-0.4, -0.2) is 23.8 Å². The van der Waals surface area contributed by atoms with E-state index >= 15 is 0 Å². The molecule has 9 heteroatoms. The molecule has 1 unspecified atom stereocenters. The highest BCUT2D eigenvalue weighted by Crippen LogP contribution is 2.42. The van der Waals surface area contributed by atoms with Crippen molar-refractivity contribution >= 4 is 28.8 Å². The zero-order valence-corrected chi connectivity index (χ0v) is 12.2. The first-order valence-electron chi connectivity index (χ1n) is 6.44. The predicted molar refractivity (Wildman–Crippen MR) is 74.1 cm³/mol. The molecule has 1 aliphatic heterocycles. The van der Waals surface area contributed by atoms with Crippen LogP contribution >= 0.6 is 11.6 Å². The van der Waals surface area contributed by atoms with E-state index in [0.717, 1.165) is 6.07 Å². The summed E-state index contributed by atoms with van der Waals surface area (Å²) in [6.45, 7) is 2.10. The number of Topliss-reactive ketones (excluding diaryl/α,β-unsaturated/α-hetero) is 1. The fourth-order valence-electron chi connectivity index (χ4n) is 2.40. The van der Waals surface area contributed by atoms with Crippen LogP contribution in [-0.2, 0) is 11.0 Å². The molecule has 2 rings (SSSR count). The summed E-state index contributed by atoms with van der Waals surface area (Å²) in [5, 5.41) is 10.5. The highest BCUT2D eigenvalue weighted by molar-refractivity contribution is 6.31. The summed E-state index contributed by atoms with van der Waals surface area (Å²) in [4.78, 5) is 23.3. The molecule has 0 aromatic heterocycles. The van der Waals surface area contributed by atoms with Crippen molar-refractivity contribution in [1.29, 1.82) is 0 Å². The van der Waals surface area contributed by atoms with Gasteiger partial charge >= 0.3 is 6.18 Å². The smallest absolute Gasteiger partial charge is 0.365 e. The van der Waals surface area contributed by atoms with Gasteiger partial charge in [-0.2, -0.15) is 13.2 Å². The average Bonchev–Trinajstić information content (AvgIpc) is 2.39. The van der Waals surface area contributed by atoms with Gasteiger partial charge in [-0.1, -0.05) is 18.5 Å². The monoisotopic (exact) mass is 336 g/mol. The number of rotatable bonds is 2. The van der Waals surface area contributed by atoms with Crippen LogP contribution in [0, 0.1) is 16.0 Å². The highest BCUT2D eigenvalue weighted by atomic mass is 35.5. The van der Waals surface area contributed by atoms with Gasteiger partial charge in [0.25, 0.3) is 5.69 Å². The third-order valence-corrected chi connectivity index (χ3v) is 3.89. The summed E-state index contributed by atoms with van der Waals surface area (Å²) < 4.78 is 38.4. The maximum atomic E-state index is 12.8. The van der Waals surface area contributed by atoms with Crippen LogP contribution in [0.1, 0.15) is 18.9 Å². The largest absolute Gasteiger partial charge is 0.418 e. The predicted octanol–water partition coefficient (Wildman–Crippen LogP) is 3.68. The molecule has 5 nitrogen and oxygen atoms in total. The van der Waals surface area contributed by atoms with E-state index in [1.54, 1.807) is 6.92 Å². The maximum absolute atomic E-state index is 12.8. The van der Waals surface area contributed by atoms with Crippen molar-refractivity contribution in [2.24, 2.45) is 5.92 Å². The van der Waals surface area contributed by atoms with Gasteiger partial charge in [-0.25, -0.2) is 0 Å². The van der Waals surface area contributed by atoms with Gasteiger partial charge in [-0.15, -0.1) is 0 Å². The first-order valence-corrected chi connectivity index (χ1v) is 6.82. The summed E-state index contributed by atoms with van der Waals surface area (Å²) >= 11 is 5.64. The second-order valence-electron chi connectivity index (χ2n) is 5.14. The zero-order chi connectivity index (χ0) is 16.7. The van der Waals surface area contributed by atoms with E-state index in [2.05, 4.69) is 0 Å². The van der Waals surface area contributed by atoms with Gasteiger partial charge in [0.05, 0.1) is 15.5 Å². The fraction of sp³-hybridized carbons (Fsp3) is 0.462. The molecule has 0 aliphatic carbocycles. The van der Waals surface area contributed by atoms with Gasteiger partial charge < -0.3 is 4.90 Å². The molecular formula is C13H12ClF3N2O3. The Morgan fingerprint density at radius 3 is 2.55 bits per heavy atom. The topological polar surface area (TPSA) is 63.4 Å². The molecule has 1 aromatic rings. The summed E-state index contributed by atoms with van der Waals surface area (Å²) in [6.07, 6.45) is -4.58. The van der Waals surface area contributed by atoms with E-state index in [1.165, 1.54) is 4.90 Å². The molecule has 1 fully saturated rings. The number of hydrogen-bond donors (Lipinski definition) is 0. The number of carbonyl (C=O) groups is 1. The molecule has 0 saturated carbocycles. The molecule has 1 aromatic carbocycles. The Morgan fingerprint density at radius 2 is 2.05 bits per heavy atom. The molecule has 0 bridgehead atoms. The lowest BCUT2D eigenvalue weighted by molar-refractivity contribution is -0.384. The van der Waals surface area contributed by atoms with Crippen molar-refractivity contribution in [2.45, 2.75) is 19.5 Å². The number of carbonyl (C=O) groups excluding carboxylic acids is 1. The summed E-state index contributed by atoms with van der Waals surface area (Å²) in [7, 11) is 0. The Kier molecular flexibility index (Phi) is 4.32. The molecule has 1 saturated heterocycles. The number of anilines is 1. The number of nitro benzene ring substituents is 1. The minimum Gasteiger partial charge on any atom is -0.365 e. The zero-order valence-electron chi connectivity index (χ0n) is 11.5. The lowest BCUT2D eigenvalue weighted by atomic mass is 9.97. The van der Waals surface area contributed by atoms with Gasteiger partial charge in [0.1, 0.15) is 11.5 Å². The summed E-state index contributed by atoms with van der Waals surface area (Å²) in [6, 6.07) is 1.39. The highest BCUT2D eigenvalue weighted by Gasteiger charge is 2.37. The van der Waals surface area contributed by atoms with Gasteiger partial charge in [0, 0.05) is 31.5 Å². The molecule has 1 heterocycles. The van der Waals surface area contributed by atoms with E-state index in [1.807, 2.05) is 0 Å². The van der Waals surface area contributed by atoms with E-state index in [-0.39, 0.29) is 36.9 Å². The minimum atomic E-state index is -4.77. The molecule has 1 aliphatic rings. The fourth-order valence-corrected chi connectivity index (χ4v) is 2.67. The Bertz CT molecular complexity index is 634. The van der Waals surface area contributed by atoms with Crippen molar-refractivity contribution in [3.8, 4) is 0 Å². The van der Waals surface area contributed by atoms with E-state index in [4.69, 9.17) is 11.6 Å². The number of halogens is 4. The number of alkyl halides is 3. The quantitative estimate of drug-likeness (QED) is 0.610. The van der Waals surface area contributed by atoms with Crippen LogP contribution in [0.4, 0.5) is 24.5 Å². The third kappa shape index (κ3) is 3.16. The summed E-state index contributed by atoms with van der Waals surface area (Å²) in [5.41, 5.74) is -1.91. The van der Waals surface area contributed by atoms with Crippen LogP contribution in [0.3, 0.4) is 0 Å². The maximum Gasteiger partial charge on any atom is 0.418 e. The minimum absolute atomic E-state index is 0.00218. The van der Waals surface area contributed by atoms with Crippen LogP contribution in [0.15, 0.2) is 12.1 Å². The summed E-state index contributed by atoms with van der Waals surface area (Å²) in [5.74, 6) is -0.314. The first-order chi connectivity index (χ1) is 10.1. The number of ketones is 1. The van der Waals surface area contributed by atoms with Crippen molar-refractivity contribution in [2.75, 3.05) is 18.0 Å². The van der Waals surface area contributed by atoms with E-state index < -0.39 is 27.4 Å².